The van der Waals surface area contributed by atoms with Gasteiger partial charge in [0.2, 0.25) is 12.3 Å². The molecule has 5 aromatic rings. The Kier molecular flexibility index (Phi) is 5.23. The Morgan fingerprint density at radius 3 is 2.48 bits per heavy atom. The average molecular weight is 447 g/mol. The highest BCUT2D eigenvalue weighted by Crippen LogP contribution is 2.38. The summed E-state index contributed by atoms with van der Waals surface area (Å²) in [4.78, 5) is 13.8. The fourth-order valence-corrected chi connectivity index (χ4v) is 4.14. The third-order valence-corrected chi connectivity index (χ3v) is 5.94. The summed E-state index contributed by atoms with van der Waals surface area (Å²) in [6.07, 6.45) is 4.71. The second-order valence-electron chi connectivity index (χ2n) is 6.60. The van der Waals surface area contributed by atoms with Gasteiger partial charge in [0.1, 0.15) is 21.4 Å². The monoisotopic (exact) mass is 446 g/mol. The topological polar surface area (TPSA) is 82.5 Å². The van der Waals surface area contributed by atoms with Gasteiger partial charge in [-0.15, -0.1) is 10.2 Å². The second kappa shape index (κ2) is 8.33. The lowest BCUT2D eigenvalue weighted by atomic mass is 10.1. The zero-order valence-electron chi connectivity index (χ0n) is 16.3. The zero-order valence-corrected chi connectivity index (χ0v) is 17.9. The number of imidazole rings is 1. The van der Waals surface area contributed by atoms with Crippen molar-refractivity contribution >= 4 is 23.4 Å². The van der Waals surface area contributed by atoms with Crippen molar-refractivity contribution in [1.82, 2.24) is 29.7 Å². The third kappa shape index (κ3) is 3.95. The maximum atomic E-state index is 6.00. The molecule has 0 bridgehead atoms. The number of hydrogen-bond donors (Lipinski definition) is 0. The van der Waals surface area contributed by atoms with Crippen LogP contribution in [0.1, 0.15) is 0 Å². The van der Waals surface area contributed by atoms with Crippen LogP contribution in [0.2, 0.25) is 5.02 Å². The fourth-order valence-electron chi connectivity index (χ4n) is 3.10. The van der Waals surface area contributed by atoms with Gasteiger partial charge in [-0.05, 0) is 48.2 Å². The number of hydrogen-bond acceptors (Lipinski definition) is 7. The van der Waals surface area contributed by atoms with Gasteiger partial charge in [0.15, 0.2) is 5.82 Å². The van der Waals surface area contributed by atoms with Gasteiger partial charge < -0.3 is 8.98 Å². The van der Waals surface area contributed by atoms with Crippen LogP contribution in [-0.2, 0) is 7.05 Å². The second-order valence-corrected chi connectivity index (χ2v) is 8.05. The van der Waals surface area contributed by atoms with Crippen molar-refractivity contribution in [2.24, 2.45) is 7.05 Å². The van der Waals surface area contributed by atoms with Crippen LogP contribution in [0.5, 0.6) is 0 Å². The summed E-state index contributed by atoms with van der Waals surface area (Å²) >= 11 is 7.52. The van der Waals surface area contributed by atoms with E-state index in [0.717, 1.165) is 38.4 Å². The van der Waals surface area contributed by atoms with E-state index in [1.54, 1.807) is 12.4 Å². The van der Waals surface area contributed by atoms with Crippen molar-refractivity contribution in [2.75, 3.05) is 0 Å². The number of halogens is 1. The van der Waals surface area contributed by atoms with E-state index in [4.69, 9.17) is 21.0 Å². The Morgan fingerprint density at radius 1 is 0.968 bits per heavy atom. The van der Waals surface area contributed by atoms with Gasteiger partial charge in [-0.1, -0.05) is 29.8 Å². The largest absolute Gasteiger partial charge is 0.423 e. The number of nitrogens with zero attached hydrogens (tertiary/aromatic N) is 6. The molecule has 0 fully saturated rings. The van der Waals surface area contributed by atoms with Gasteiger partial charge >= 0.3 is 0 Å². The zero-order chi connectivity index (χ0) is 21.2. The normalized spacial score (nSPS) is 11.0. The summed E-state index contributed by atoms with van der Waals surface area (Å²) in [5, 5.41) is 10.1. The Bertz CT molecular complexity index is 1300. The summed E-state index contributed by atoms with van der Waals surface area (Å²) in [5.41, 5.74) is 3.43. The molecule has 7 nitrogen and oxygen atoms in total. The molecule has 9 heteroatoms. The Balaban J connectivity index is 1.60. The first-order chi connectivity index (χ1) is 15.2. The molecule has 152 valence electrons. The molecule has 0 atom stereocenters. The number of rotatable bonds is 5. The van der Waals surface area contributed by atoms with E-state index in [0.29, 0.717) is 10.9 Å². The molecule has 0 saturated carbocycles. The SMILES string of the molecule is Cn1c(-c2ccccn2)nc(-c2ccc(-c3nnco3)cc2)c1Sc1ccc(Cl)cn1. The Hall–Kier alpha value is -3.49. The standard InChI is InChI=1S/C22H15ClN6OS/c1-29-20(17-4-2-3-11-24-17)27-19(22(29)31-18-10-9-16(23)12-25-18)14-5-7-15(8-6-14)21-28-26-13-30-21/h2-13H,1H3. The Labute approximate surface area is 187 Å². The van der Waals surface area contributed by atoms with E-state index in [1.165, 1.54) is 18.2 Å². The number of pyridine rings is 2. The van der Waals surface area contributed by atoms with Crippen molar-refractivity contribution in [3.63, 3.8) is 0 Å². The highest BCUT2D eigenvalue weighted by atomic mass is 35.5. The number of benzene rings is 1. The van der Waals surface area contributed by atoms with Crippen molar-refractivity contribution in [1.29, 1.82) is 0 Å². The summed E-state index contributed by atoms with van der Waals surface area (Å²) < 4.78 is 7.32. The quantitative estimate of drug-likeness (QED) is 0.357. The Morgan fingerprint density at radius 2 is 1.81 bits per heavy atom. The highest BCUT2D eigenvalue weighted by Gasteiger charge is 2.20. The maximum Gasteiger partial charge on any atom is 0.247 e. The fraction of sp³-hybridized carbons (Fsp3) is 0.0455. The van der Waals surface area contributed by atoms with Gasteiger partial charge in [0, 0.05) is 30.6 Å². The van der Waals surface area contributed by atoms with Crippen LogP contribution < -0.4 is 0 Å². The molecule has 0 unspecified atom stereocenters. The molecule has 1 aromatic carbocycles. The van der Waals surface area contributed by atoms with Crippen LogP contribution in [0.25, 0.3) is 34.2 Å². The van der Waals surface area contributed by atoms with E-state index in [1.807, 2.05) is 66.2 Å². The summed E-state index contributed by atoms with van der Waals surface area (Å²) in [5.74, 6) is 1.25. The van der Waals surface area contributed by atoms with Crippen molar-refractivity contribution in [2.45, 2.75) is 10.1 Å². The first kappa shape index (κ1) is 19.5. The van der Waals surface area contributed by atoms with E-state index in [2.05, 4.69) is 20.2 Å². The lowest BCUT2D eigenvalue weighted by Gasteiger charge is -2.07. The minimum atomic E-state index is 0.474. The van der Waals surface area contributed by atoms with E-state index >= 15 is 0 Å². The molecule has 0 spiro atoms. The first-order valence-electron chi connectivity index (χ1n) is 9.33. The molecule has 4 heterocycles. The van der Waals surface area contributed by atoms with Crippen LogP contribution >= 0.6 is 23.4 Å². The minimum absolute atomic E-state index is 0.474. The predicted octanol–water partition coefficient (Wildman–Crippen LogP) is 5.40. The molecule has 0 aliphatic heterocycles. The van der Waals surface area contributed by atoms with Crippen molar-refractivity contribution in [3.8, 4) is 34.2 Å². The predicted molar refractivity (Wildman–Crippen MR) is 119 cm³/mol. The first-order valence-corrected chi connectivity index (χ1v) is 10.5. The molecule has 0 N–H and O–H groups in total. The highest BCUT2D eigenvalue weighted by molar-refractivity contribution is 7.99. The molecule has 4 aromatic heterocycles. The molecule has 0 aliphatic carbocycles. The minimum Gasteiger partial charge on any atom is -0.423 e. The van der Waals surface area contributed by atoms with Crippen molar-refractivity contribution in [3.05, 3.63) is 78.4 Å². The van der Waals surface area contributed by atoms with Gasteiger partial charge in [-0.25, -0.2) is 9.97 Å². The van der Waals surface area contributed by atoms with Gasteiger partial charge in [0.25, 0.3) is 0 Å². The van der Waals surface area contributed by atoms with E-state index in [-0.39, 0.29) is 0 Å². The molecule has 0 amide bonds. The number of aromatic nitrogens is 6. The van der Waals surface area contributed by atoms with Crippen molar-refractivity contribution < 1.29 is 4.42 Å². The van der Waals surface area contributed by atoms with Gasteiger partial charge in [0.05, 0.1) is 5.02 Å². The summed E-state index contributed by atoms with van der Waals surface area (Å²) in [6.45, 7) is 0. The maximum absolute atomic E-state index is 6.00. The molecule has 0 saturated heterocycles. The summed E-state index contributed by atoms with van der Waals surface area (Å²) in [7, 11) is 1.98. The lowest BCUT2D eigenvalue weighted by Crippen LogP contribution is -1.96. The van der Waals surface area contributed by atoms with Crippen LogP contribution in [-0.4, -0.2) is 29.7 Å². The van der Waals surface area contributed by atoms with Gasteiger partial charge in [-0.2, -0.15) is 0 Å². The third-order valence-electron chi connectivity index (χ3n) is 4.60. The molecular weight excluding hydrogens is 432 g/mol. The van der Waals surface area contributed by atoms with Crippen LogP contribution in [0.3, 0.4) is 0 Å². The average Bonchev–Trinajstić information content (AvgIpc) is 3.45. The van der Waals surface area contributed by atoms with Gasteiger partial charge in [-0.3, -0.25) is 4.98 Å². The smallest absolute Gasteiger partial charge is 0.247 e. The van der Waals surface area contributed by atoms with E-state index in [9.17, 15) is 0 Å². The molecule has 31 heavy (non-hydrogen) atoms. The van der Waals surface area contributed by atoms with Crippen LogP contribution in [0.15, 0.2) is 87.9 Å². The van der Waals surface area contributed by atoms with E-state index < -0.39 is 0 Å². The molecule has 0 aliphatic rings. The summed E-state index contributed by atoms with van der Waals surface area (Å²) in [6, 6.07) is 17.3. The molecule has 5 rings (SSSR count). The molecular formula is C22H15ClN6OS. The van der Waals surface area contributed by atoms with Crippen LogP contribution in [0.4, 0.5) is 0 Å². The lowest BCUT2D eigenvalue weighted by molar-refractivity contribution is 0.568. The molecule has 0 radical (unpaired) electrons. The van der Waals surface area contributed by atoms with Crippen LogP contribution in [0, 0.1) is 0 Å².